The predicted octanol–water partition coefficient (Wildman–Crippen LogP) is 2.82. The van der Waals surface area contributed by atoms with Crippen molar-refractivity contribution in [2.75, 3.05) is 20.7 Å². The molecule has 4 heteroatoms. The highest BCUT2D eigenvalue weighted by Gasteiger charge is 2.44. The van der Waals surface area contributed by atoms with Crippen LogP contribution in [-0.2, 0) is 9.53 Å². The zero-order valence-corrected chi connectivity index (χ0v) is 14.7. The lowest BCUT2D eigenvalue weighted by Crippen LogP contribution is -2.60. The van der Waals surface area contributed by atoms with Gasteiger partial charge in [0.1, 0.15) is 5.54 Å². The van der Waals surface area contributed by atoms with E-state index in [9.17, 15) is 4.79 Å². The molecular formula is C17H34N2O2. The van der Waals surface area contributed by atoms with Gasteiger partial charge in [0.05, 0.1) is 7.11 Å². The Morgan fingerprint density at radius 2 is 2.10 bits per heavy atom. The van der Waals surface area contributed by atoms with Crippen molar-refractivity contribution in [3.05, 3.63) is 0 Å². The maximum absolute atomic E-state index is 12.4. The third-order valence-corrected chi connectivity index (χ3v) is 4.79. The van der Waals surface area contributed by atoms with Gasteiger partial charge in [0, 0.05) is 18.6 Å². The molecule has 0 bridgehead atoms. The van der Waals surface area contributed by atoms with E-state index >= 15 is 0 Å². The van der Waals surface area contributed by atoms with Crippen LogP contribution in [0.5, 0.6) is 0 Å². The summed E-state index contributed by atoms with van der Waals surface area (Å²) in [6.45, 7) is 9.81. The van der Waals surface area contributed by atoms with Crippen LogP contribution < -0.4 is 5.32 Å². The van der Waals surface area contributed by atoms with Crippen molar-refractivity contribution in [1.29, 1.82) is 0 Å². The van der Waals surface area contributed by atoms with Gasteiger partial charge in [-0.25, -0.2) is 0 Å². The second kappa shape index (κ2) is 8.14. The van der Waals surface area contributed by atoms with Gasteiger partial charge >= 0.3 is 5.97 Å². The number of hydrogen-bond acceptors (Lipinski definition) is 4. The monoisotopic (exact) mass is 298 g/mol. The van der Waals surface area contributed by atoms with Crippen molar-refractivity contribution in [2.45, 2.75) is 77.4 Å². The van der Waals surface area contributed by atoms with Gasteiger partial charge in [-0.2, -0.15) is 0 Å². The summed E-state index contributed by atoms with van der Waals surface area (Å²) in [5, 5.41) is 3.50. The van der Waals surface area contributed by atoms with Crippen molar-refractivity contribution in [3.63, 3.8) is 0 Å². The van der Waals surface area contributed by atoms with E-state index in [0.717, 1.165) is 25.8 Å². The number of nitrogens with zero attached hydrogens (tertiary/aromatic N) is 1. The second-order valence-electron chi connectivity index (χ2n) is 7.08. The van der Waals surface area contributed by atoms with Crippen molar-refractivity contribution < 1.29 is 9.53 Å². The van der Waals surface area contributed by atoms with Gasteiger partial charge in [0.15, 0.2) is 0 Å². The summed E-state index contributed by atoms with van der Waals surface area (Å²) in [6.07, 6.45) is 5.18. The lowest BCUT2D eigenvalue weighted by atomic mass is 9.77. The smallest absolute Gasteiger partial charge is 0.326 e. The molecule has 0 radical (unpaired) electrons. The van der Waals surface area contributed by atoms with E-state index in [0.29, 0.717) is 12.0 Å². The lowest BCUT2D eigenvalue weighted by molar-refractivity contribution is -0.151. The molecule has 1 saturated carbocycles. The largest absolute Gasteiger partial charge is 0.468 e. The number of carbonyl (C=O) groups is 1. The summed E-state index contributed by atoms with van der Waals surface area (Å²) in [6, 6.07) is 0.737. The summed E-state index contributed by atoms with van der Waals surface area (Å²) >= 11 is 0. The van der Waals surface area contributed by atoms with E-state index in [4.69, 9.17) is 4.74 Å². The first kappa shape index (κ1) is 18.4. The van der Waals surface area contributed by atoms with Gasteiger partial charge in [-0.05, 0) is 52.5 Å². The van der Waals surface area contributed by atoms with Crippen LogP contribution in [0.15, 0.2) is 0 Å². The molecule has 4 nitrogen and oxygen atoms in total. The van der Waals surface area contributed by atoms with Crippen LogP contribution in [-0.4, -0.2) is 49.2 Å². The van der Waals surface area contributed by atoms with Crippen LogP contribution in [0.4, 0.5) is 0 Å². The lowest BCUT2D eigenvalue weighted by Gasteiger charge is -2.43. The molecule has 0 saturated heterocycles. The van der Waals surface area contributed by atoms with Gasteiger partial charge in [-0.15, -0.1) is 0 Å². The zero-order valence-electron chi connectivity index (χ0n) is 14.7. The maximum Gasteiger partial charge on any atom is 0.326 e. The molecule has 0 amide bonds. The first-order chi connectivity index (χ1) is 9.84. The maximum atomic E-state index is 12.4. The Balaban J connectivity index is 2.80. The molecule has 3 unspecified atom stereocenters. The molecule has 0 aromatic carbocycles. The SMILES string of the molecule is CCC(C)CN(C)C1CCCC(NC(C)C)(C(=O)OC)C1. The fourth-order valence-electron chi connectivity index (χ4n) is 3.52. The third-order valence-electron chi connectivity index (χ3n) is 4.79. The van der Waals surface area contributed by atoms with E-state index in [2.05, 4.69) is 45.0 Å². The molecule has 1 aliphatic carbocycles. The van der Waals surface area contributed by atoms with Crippen molar-refractivity contribution in [1.82, 2.24) is 10.2 Å². The summed E-state index contributed by atoms with van der Waals surface area (Å²) < 4.78 is 5.10. The number of carbonyl (C=O) groups excluding carboxylic acids is 1. The van der Waals surface area contributed by atoms with Gasteiger partial charge < -0.3 is 9.64 Å². The molecule has 124 valence electrons. The first-order valence-electron chi connectivity index (χ1n) is 8.41. The highest BCUT2D eigenvalue weighted by Crippen LogP contribution is 2.33. The first-order valence-corrected chi connectivity index (χ1v) is 8.41. The molecule has 1 N–H and O–H groups in total. The normalized spacial score (nSPS) is 27.9. The molecule has 3 atom stereocenters. The number of methoxy groups -OCH3 is 1. The predicted molar refractivity (Wildman–Crippen MR) is 87.4 cm³/mol. The highest BCUT2D eigenvalue weighted by molar-refractivity contribution is 5.81. The summed E-state index contributed by atoms with van der Waals surface area (Å²) in [4.78, 5) is 14.8. The Hall–Kier alpha value is -0.610. The molecule has 0 aromatic heterocycles. The van der Waals surface area contributed by atoms with Gasteiger partial charge in [0.25, 0.3) is 0 Å². The third kappa shape index (κ3) is 4.96. The van der Waals surface area contributed by atoms with Crippen molar-refractivity contribution in [2.24, 2.45) is 5.92 Å². The molecular weight excluding hydrogens is 264 g/mol. The second-order valence-corrected chi connectivity index (χ2v) is 7.08. The molecule has 0 heterocycles. The minimum Gasteiger partial charge on any atom is -0.468 e. The minimum atomic E-state index is -0.504. The van der Waals surface area contributed by atoms with E-state index in [1.807, 2.05) is 0 Å². The van der Waals surface area contributed by atoms with E-state index < -0.39 is 5.54 Å². The Labute approximate surface area is 130 Å². The minimum absolute atomic E-state index is 0.0992. The zero-order chi connectivity index (χ0) is 16.0. The van der Waals surface area contributed by atoms with E-state index in [1.54, 1.807) is 0 Å². The van der Waals surface area contributed by atoms with Crippen LogP contribution in [0, 0.1) is 5.92 Å². The molecule has 0 aliphatic heterocycles. The fourth-order valence-corrected chi connectivity index (χ4v) is 3.52. The number of esters is 1. The number of rotatable bonds is 7. The Morgan fingerprint density at radius 1 is 1.43 bits per heavy atom. The standard InChI is InChI=1S/C17H34N2O2/c1-7-14(4)12-19(5)15-9-8-10-17(11-15,16(20)21-6)18-13(2)3/h13-15,18H,7-12H2,1-6H3. The molecule has 21 heavy (non-hydrogen) atoms. The van der Waals surface area contributed by atoms with E-state index in [1.165, 1.54) is 20.0 Å². The summed E-state index contributed by atoms with van der Waals surface area (Å²) in [5.74, 6) is 0.598. The number of ether oxygens (including phenoxy) is 1. The molecule has 1 rings (SSSR count). The van der Waals surface area contributed by atoms with Crippen LogP contribution in [0.3, 0.4) is 0 Å². The molecule has 0 spiro atoms. The average molecular weight is 298 g/mol. The van der Waals surface area contributed by atoms with Gasteiger partial charge in [-0.1, -0.05) is 20.3 Å². The van der Waals surface area contributed by atoms with Crippen LogP contribution in [0.2, 0.25) is 0 Å². The van der Waals surface area contributed by atoms with Crippen molar-refractivity contribution >= 4 is 5.97 Å². The van der Waals surface area contributed by atoms with Crippen molar-refractivity contribution in [3.8, 4) is 0 Å². The Kier molecular flexibility index (Phi) is 7.14. The van der Waals surface area contributed by atoms with Crippen LogP contribution in [0.1, 0.15) is 59.8 Å². The summed E-state index contributed by atoms with van der Waals surface area (Å²) in [7, 11) is 3.69. The summed E-state index contributed by atoms with van der Waals surface area (Å²) in [5.41, 5.74) is -0.504. The van der Waals surface area contributed by atoms with Crippen LogP contribution in [0.25, 0.3) is 0 Å². The molecule has 0 aromatic rings. The molecule has 1 fully saturated rings. The topological polar surface area (TPSA) is 41.6 Å². The average Bonchev–Trinajstić information content (AvgIpc) is 2.45. The number of hydrogen-bond donors (Lipinski definition) is 1. The van der Waals surface area contributed by atoms with E-state index in [-0.39, 0.29) is 12.0 Å². The fraction of sp³-hybridized carbons (Fsp3) is 0.941. The van der Waals surface area contributed by atoms with Gasteiger partial charge in [0.2, 0.25) is 0 Å². The molecule has 1 aliphatic rings. The highest BCUT2D eigenvalue weighted by atomic mass is 16.5. The Bertz CT molecular complexity index is 333. The number of nitrogens with one attached hydrogen (secondary N) is 1. The van der Waals surface area contributed by atoms with Crippen LogP contribution >= 0.6 is 0 Å². The quantitative estimate of drug-likeness (QED) is 0.734. The Morgan fingerprint density at radius 3 is 2.62 bits per heavy atom. The van der Waals surface area contributed by atoms with Gasteiger partial charge in [-0.3, -0.25) is 10.1 Å².